The van der Waals surface area contributed by atoms with Crippen LogP contribution in [0.25, 0.3) is 6.08 Å². The number of methoxy groups -OCH3 is 1. The van der Waals surface area contributed by atoms with Gasteiger partial charge in [0, 0.05) is 30.9 Å². The molecule has 1 aromatic heterocycles. The number of ether oxygens (including phenoxy) is 1. The van der Waals surface area contributed by atoms with Gasteiger partial charge in [-0.15, -0.1) is 0 Å². The van der Waals surface area contributed by atoms with Gasteiger partial charge in [-0.2, -0.15) is 0 Å². The van der Waals surface area contributed by atoms with Crippen LogP contribution in [0, 0.1) is 11.6 Å². The monoisotopic (exact) mass is 406 g/mol. The highest BCUT2D eigenvalue weighted by atomic mass is 19.1. The molecule has 2 aromatic rings. The topological polar surface area (TPSA) is 97.6 Å². The van der Waals surface area contributed by atoms with Gasteiger partial charge in [0.25, 0.3) is 5.91 Å². The number of nitrogens with one attached hydrogen (secondary N) is 1. The van der Waals surface area contributed by atoms with E-state index in [0.29, 0.717) is 6.07 Å². The lowest BCUT2D eigenvalue weighted by molar-refractivity contribution is 0.0582. The van der Waals surface area contributed by atoms with Crippen LogP contribution in [0.5, 0.6) is 0 Å². The predicted octanol–water partition coefficient (Wildman–Crippen LogP) is 1.87. The minimum absolute atomic E-state index is 0.0270. The molecule has 0 spiro atoms. The summed E-state index contributed by atoms with van der Waals surface area (Å²) in [6, 6.07) is 2.89. The summed E-state index contributed by atoms with van der Waals surface area (Å²) in [5.74, 6) is -3.27. The number of rotatable bonds is 7. The molecule has 2 rings (SSSR count). The molecule has 2 N–H and O–H groups in total. The fourth-order valence-corrected chi connectivity index (χ4v) is 2.73. The van der Waals surface area contributed by atoms with Crippen molar-refractivity contribution in [3.8, 4) is 0 Å². The normalized spacial score (nSPS) is 11.6. The van der Waals surface area contributed by atoms with Crippen molar-refractivity contribution < 1.29 is 28.2 Å². The molecule has 1 atom stereocenters. The van der Waals surface area contributed by atoms with Crippen LogP contribution < -0.4 is 10.7 Å². The molecule has 1 aromatic carbocycles. The molecule has 9 heteroatoms. The summed E-state index contributed by atoms with van der Waals surface area (Å²) in [6.45, 7) is 4.58. The summed E-state index contributed by atoms with van der Waals surface area (Å²) in [4.78, 5) is 37.4. The van der Waals surface area contributed by atoms with Crippen molar-refractivity contribution >= 4 is 18.0 Å². The number of halogens is 2. The smallest absolute Gasteiger partial charge is 0.355 e. The van der Waals surface area contributed by atoms with Gasteiger partial charge in [-0.1, -0.05) is 18.7 Å². The van der Waals surface area contributed by atoms with Crippen molar-refractivity contribution in [3.63, 3.8) is 0 Å². The molecule has 0 aliphatic heterocycles. The SMILES string of the molecule is C=Cc1c(C(=O)OC)n(CC(C)O)cc(C(=O)NCc2ccc(F)cc2F)c1=O. The molecule has 29 heavy (non-hydrogen) atoms. The van der Waals surface area contributed by atoms with Crippen LogP contribution >= 0.6 is 0 Å². The number of pyridine rings is 1. The molecule has 0 aliphatic rings. The lowest BCUT2D eigenvalue weighted by Gasteiger charge is -2.17. The second kappa shape index (κ2) is 9.24. The summed E-state index contributed by atoms with van der Waals surface area (Å²) in [6.07, 6.45) is 1.33. The average Bonchev–Trinajstić information content (AvgIpc) is 2.66. The highest BCUT2D eigenvalue weighted by molar-refractivity contribution is 5.97. The van der Waals surface area contributed by atoms with E-state index in [0.717, 1.165) is 25.4 Å². The molecule has 7 nitrogen and oxygen atoms in total. The van der Waals surface area contributed by atoms with E-state index in [1.807, 2.05) is 0 Å². The number of esters is 1. The zero-order valence-corrected chi connectivity index (χ0v) is 15.9. The molecule has 0 saturated carbocycles. The molecule has 1 heterocycles. The Morgan fingerprint density at radius 1 is 1.38 bits per heavy atom. The second-order valence-electron chi connectivity index (χ2n) is 6.25. The van der Waals surface area contributed by atoms with Gasteiger partial charge in [-0.3, -0.25) is 9.59 Å². The third-order valence-corrected chi connectivity index (χ3v) is 4.06. The average molecular weight is 406 g/mol. The van der Waals surface area contributed by atoms with Crippen LogP contribution in [0.2, 0.25) is 0 Å². The summed E-state index contributed by atoms with van der Waals surface area (Å²) in [5.41, 5.74) is -1.41. The highest BCUT2D eigenvalue weighted by Crippen LogP contribution is 2.13. The van der Waals surface area contributed by atoms with Crippen molar-refractivity contribution in [1.29, 1.82) is 0 Å². The van der Waals surface area contributed by atoms with Gasteiger partial charge in [0.15, 0.2) is 0 Å². The molecule has 0 bridgehead atoms. The van der Waals surface area contributed by atoms with E-state index in [4.69, 9.17) is 0 Å². The number of aliphatic hydroxyl groups excluding tert-OH is 1. The Kier molecular flexibility index (Phi) is 7.00. The number of amides is 1. The first-order chi connectivity index (χ1) is 13.7. The van der Waals surface area contributed by atoms with E-state index in [1.165, 1.54) is 17.6 Å². The maximum Gasteiger partial charge on any atom is 0.355 e. The Bertz CT molecular complexity index is 1010. The second-order valence-corrected chi connectivity index (χ2v) is 6.25. The number of hydrogen-bond donors (Lipinski definition) is 2. The minimum atomic E-state index is -0.900. The Morgan fingerprint density at radius 3 is 2.62 bits per heavy atom. The van der Waals surface area contributed by atoms with E-state index >= 15 is 0 Å². The number of carbonyl (C=O) groups excluding carboxylic acids is 2. The number of hydrogen-bond acceptors (Lipinski definition) is 5. The predicted molar refractivity (Wildman–Crippen MR) is 101 cm³/mol. The molecule has 0 radical (unpaired) electrons. The first-order valence-electron chi connectivity index (χ1n) is 8.58. The van der Waals surface area contributed by atoms with Crippen LogP contribution in [0.3, 0.4) is 0 Å². The van der Waals surface area contributed by atoms with E-state index in [2.05, 4.69) is 16.6 Å². The van der Waals surface area contributed by atoms with E-state index in [1.54, 1.807) is 0 Å². The first kappa shape index (κ1) is 22.0. The number of benzene rings is 1. The quantitative estimate of drug-likeness (QED) is 0.684. The van der Waals surface area contributed by atoms with Crippen molar-refractivity contribution in [2.75, 3.05) is 7.11 Å². The van der Waals surface area contributed by atoms with Gasteiger partial charge in [-0.25, -0.2) is 13.6 Å². The molecule has 0 fully saturated rings. The van der Waals surface area contributed by atoms with Crippen LogP contribution in [0.1, 0.15) is 38.9 Å². The van der Waals surface area contributed by atoms with Crippen LogP contribution in [0.15, 0.2) is 35.8 Å². The number of aromatic nitrogens is 1. The summed E-state index contributed by atoms with van der Waals surface area (Å²) in [7, 11) is 1.13. The maximum absolute atomic E-state index is 13.7. The van der Waals surface area contributed by atoms with Gasteiger partial charge < -0.3 is 19.7 Å². The van der Waals surface area contributed by atoms with Crippen LogP contribution in [-0.4, -0.2) is 34.8 Å². The molecule has 1 amide bonds. The number of carbonyl (C=O) groups is 2. The van der Waals surface area contributed by atoms with Crippen LogP contribution in [-0.2, 0) is 17.8 Å². The van der Waals surface area contributed by atoms with Gasteiger partial charge in [-0.05, 0) is 13.0 Å². The largest absolute Gasteiger partial charge is 0.464 e. The standard InChI is InChI=1S/C20H20F2N2O5/c1-4-14-17(20(28)29-3)24(9-11(2)25)10-15(18(14)26)19(27)23-8-12-5-6-13(21)7-16(12)22/h4-7,10-11,25H,1,8-9H2,2-3H3,(H,23,27). The van der Waals surface area contributed by atoms with E-state index in [-0.39, 0.29) is 35.5 Å². The maximum atomic E-state index is 13.7. The number of aliphatic hydroxyl groups is 1. The fraction of sp³-hybridized carbons (Fsp3) is 0.250. The first-order valence-corrected chi connectivity index (χ1v) is 8.58. The van der Waals surface area contributed by atoms with Gasteiger partial charge >= 0.3 is 5.97 Å². The fourth-order valence-electron chi connectivity index (χ4n) is 2.73. The van der Waals surface area contributed by atoms with Gasteiger partial charge in [0.1, 0.15) is 22.9 Å². The molecule has 0 aliphatic carbocycles. The Hall–Kier alpha value is -3.33. The zero-order chi connectivity index (χ0) is 21.7. The molecule has 154 valence electrons. The molecule has 1 unspecified atom stereocenters. The Labute approximate surface area is 165 Å². The van der Waals surface area contributed by atoms with Crippen molar-refractivity contribution in [2.24, 2.45) is 0 Å². The Morgan fingerprint density at radius 2 is 2.07 bits per heavy atom. The van der Waals surface area contributed by atoms with Crippen LogP contribution in [0.4, 0.5) is 8.78 Å². The minimum Gasteiger partial charge on any atom is -0.464 e. The lowest BCUT2D eigenvalue weighted by Crippen LogP contribution is -2.33. The zero-order valence-electron chi connectivity index (χ0n) is 15.9. The third kappa shape index (κ3) is 4.94. The highest BCUT2D eigenvalue weighted by Gasteiger charge is 2.24. The summed E-state index contributed by atoms with van der Waals surface area (Å²) in [5, 5.41) is 12.1. The molecule has 0 saturated heterocycles. The third-order valence-electron chi connectivity index (χ3n) is 4.06. The van der Waals surface area contributed by atoms with E-state index in [9.17, 15) is 28.3 Å². The van der Waals surface area contributed by atoms with E-state index < -0.39 is 35.0 Å². The van der Waals surface area contributed by atoms with Gasteiger partial charge in [0.2, 0.25) is 5.43 Å². The van der Waals surface area contributed by atoms with Crippen molar-refractivity contribution in [1.82, 2.24) is 9.88 Å². The Balaban J connectivity index is 2.45. The van der Waals surface area contributed by atoms with Crippen molar-refractivity contribution in [3.05, 3.63) is 75.2 Å². The summed E-state index contributed by atoms with van der Waals surface area (Å²) < 4.78 is 32.6. The molecular formula is C20H20F2N2O5. The van der Waals surface area contributed by atoms with Crippen molar-refractivity contribution in [2.45, 2.75) is 26.1 Å². The molecular weight excluding hydrogens is 386 g/mol. The summed E-state index contributed by atoms with van der Waals surface area (Å²) >= 11 is 0. The lowest BCUT2D eigenvalue weighted by atomic mass is 10.1. The number of nitrogens with zero attached hydrogens (tertiary/aromatic N) is 1. The van der Waals surface area contributed by atoms with Gasteiger partial charge in [0.05, 0.1) is 18.8 Å².